The highest BCUT2D eigenvalue weighted by molar-refractivity contribution is 5.82. The van der Waals surface area contributed by atoms with Crippen LogP contribution in [0.25, 0.3) is 0 Å². The number of unbranched alkanes of at least 4 members (excludes halogenated alkanes) is 1. The lowest BCUT2D eigenvalue weighted by molar-refractivity contribution is -0.139. The van der Waals surface area contributed by atoms with E-state index in [0.717, 1.165) is 12.8 Å². The van der Waals surface area contributed by atoms with Crippen LogP contribution in [0.15, 0.2) is 12.4 Å². The van der Waals surface area contributed by atoms with E-state index in [-0.39, 0.29) is 0 Å². The monoisotopic (exact) mass is 269 g/mol. The fourth-order valence-corrected chi connectivity index (χ4v) is 1.51. The molecule has 1 aromatic rings. The number of amides is 2. The number of urea groups is 1. The number of carboxylic acids is 1. The topological polar surface area (TPSA) is 109 Å². The Labute approximate surface area is 111 Å². The largest absolute Gasteiger partial charge is 0.480 e. The Balaban J connectivity index is 2.25. The van der Waals surface area contributed by atoms with Gasteiger partial charge in [0.2, 0.25) is 0 Å². The Hall–Kier alpha value is -2.12. The molecule has 0 spiro atoms. The predicted molar refractivity (Wildman–Crippen MR) is 67.5 cm³/mol. The van der Waals surface area contributed by atoms with Crippen molar-refractivity contribution in [2.24, 2.45) is 0 Å². The van der Waals surface area contributed by atoms with E-state index in [1.807, 2.05) is 6.92 Å². The first kappa shape index (κ1) is 14.9. The van der Waals surface area contributed by atoms with Gasteiger partial charge in [0.05, 0.1) is 12.7 Å². The highest BCUT2D eigenvalue weighted by atomic mass is 16.4. The first-order valence-corrected chi connectivity index (χ1v) is 6.24. The lowest BCUT2D eigenvalue weighted by Gasteiger charge is -2.14. The minimum absolute atomic E-state index is 0.356. The average Bonchev–Trinajstić information content (AvgIpc) is 2.87. The van der Waals surface area contributed by atoms with E-state index < -0.39 is 18.0 Å². The maximum Gasteiger partial charge on any atom is 0.326 e. The third-order valence-corrected chi connectivity index (χ3v) is 2.55. The number of nitrogens with one attached hydrogen (secondary N) is 2. The highest BCUT2D eigenvalue weighted by Gasteiger charge is 2.18. The zero-order chi connectivity index (χ0) is 14.1. The second-order valence-electron chi connectivity index (χ2n) is 4.10. The second-order valence-corrected chi connectivity index (χ2v) is 4.10. The predicted octanol–water partition coefficient (Wildman–Crippen LogP) is 0.221. The Morgan fingerprint density at radius 2 is 2.26 bits per heavy atom. The van der Waals surface area contributed by atoms with Gasteiger partial charge in [0.25, 0.3) is 0 Å². The summed E-state index contributed by atoms with van der Waals surface area (Å²) in [6.45, 7) is 2.81. The van der Waals surface area contributed by atoms with Gasteiger partial charge in [-0.05, 0) is 6.42 Å². The zero-order valence-electron chi connectivity index (χ0n) is 10.9. The fraction of sp³-hybridized carbons (Fsp3) is 0.636. The summed E-state index contributed by atoms with van der Waals surface area (Å²) in [5.74, 6) is -1.01. The number of carbonyl (C=O) groups excluding carboxylic acids is 1. The van der Waals surface area contributed by atoms with Crippen LogP contribution in [0.5, 0.6) is 0 Å². The van der Waals surface area contributed by atoms with E-state index in [2.05, 4.69) is 20.9 Å². The number of hydrogen-bond acceptors (Lipinski definition) is 4. The Morgan fingerprint density at radius 1 is 1.47 bits per heavy atom. The summed E-state index contributed by atoms with van der Waals surface area (Å²) in [5, 5.41) is 21.4. The Kier molecular flexibility index (Phi) is 6.34. The summed E-state index contributed by atoms with van der Waals surface area (Å²) in [5.41, 5.74) is 0. The Bertz CT molecular complexity index is 393. The molecule has 1 unspecified atom stereocenters. The van der Waals surface area contributed by atoms with Crippen molar-refractivity contribution in [3.05, 3.63) is 12.4 Å². The number of aliphatic carboxylic acids is 1. The molecule has 0 aliphatic heterocycles. The first-order valence-electron chi connectivity index (χ1n) is 6.24. The number of carbonyl (C=O) groups is 2. The van der Waals surface area contributed by atoms with Crippen molar-refractivity contribution in [2.45, 2.75) is 38.8 Å². The molecule has 8 heteroatoms. The molecule has 0 aliphatic rings. The number of hydrogen-bond donors (Lipinski definition) is 3. The smallest absolute Gasteiger partial charge is 0.326 e. The zero-order valence-corrected chi connectivity index (χ0v) is 10.9. The summed E-state index contributed by atoms with van der Waals surface area (Å²) >= 11 is 0. The van der Waals surface area contributed by atoms with Crippen molar-refractivity contribution in [1.29, 1.82) is 0 Å². The number of carboxylic acid groups (broad SMARTS) is 1. The van der Waals surface area contributed by atoms with Crippen molar-refractivity contribution in [1.82, 2.24) is 25.6 Å². The van der Waals surface area contributed by atoms with Crippen molar-refractivity contribution < 1.29 is 14.7 Å². The van der Waals surface area contributed by atoms with Gasteiger partial charge in [0.15, 0.2) is 0 Å². The quantitative estimate of drug-likeness (QED) is 0.625. The van der Waals surface area contributed by atoms with E-state index in [1.165, 1.54) is 0 Å². The van der Waals surface area contributed by atoms with E-state index in [1.54, 1.807) is 17.1 Å². The molecule has 1 aromatic heterocycles. The first-order chi connectivity index (χ1) is 9.13. The van der Waals surface area contributed by atoms with Crippen LogP contribution >= 0.6 is 0 Å². The molecule has 1 atom stereocenters. The third-order valence-electron chi connectivity index (χ3n) is 2.55. The van der Waals surface area contributed by atoms with E-state index in [9.17, 15) is 9.59 Å². The van der Waals surface area contributed by atoms with Gasteiger partial charge < -0.3 is 15.7 Å². The maximum absolute atomic E-state index is 11.5. The van der Waals surface area contributed by atoms with Crippen molar-refractivity contribution in [3.63, 3.8) is 0 Å². The van der Waals surface area contributed by atoms with Gasteiger partial charge in [0, 0.05) is 12.7 Å². The number of aromatic nitrogens is 3. The molecule has 0 fully saturated rings. The van der Waals surface area contributed by atoms with E-state index in [0.29, 0.717) is 19.5 Å². The maximum atomic E-state index is 11.5. The van der Waals surface area contributed by atoms with Crippen LogP contribution in [0.2, 0.25) is 0 Å². The molecule has 106 valence electrons. The van der Waals surface area contributed by atoms with Crippen LogP contribution in [0, 0.1) is 0 Å². The Morgan fingerprint density at radius 3 is 2.84 bits per heavy atom. The standard InChI is InChI=1S/C11H19N5O3/c1-2-3-4-9(10(17)18)14-11(19)12-5-7-16-8-6-13-15-16/h6,8-9H,2-5,7H2,1H3,(H,17,18)(H2,12,14,19). The summed E-state index contributed by atoms with van der Waals surface area (Å²) in [6.07, 6.45) is 5.31. The van der Waals surface area contributed by atoms with Crippen LogP contribution in [0.1, 0.15) is 26.2 Å². The van der Waals surface area contributed by atoms with Crippen LogP contribution < -0.4 is 10.6 Å². The normalized spacial score (nSPS) is 11.8. The lowest BCUT2D eigenvalue weighted by atomic mass is 10.1. The van der Waals surface area contributed by atoms with E-state index in [4.69, 9.17) is 5.11 Å². The second kappa shape index (κ2) is 8.06. The van der Waals surface area contributed by atoms with Gasteiger partial charge in [-0.25, -0.2) is 9.59 Å². The molecule has 0 aliphatic carbocycles. The molecule has 0 bridgehead atoms. The van der Waals surface area contributed by atoms with Gasteiger partial charge in [-0.3, -0.25) is 4.68 Å². The molecule has 0 saturated heterocycles. The van der Waals surface area contributed by atoms with Gasteiger partial charge in [-0.15, -0.1) is 5.10 Å². The van der Waals surface area contributed by atoms with Crippen LogP contribution in [0.4, 0.5) is 4.79 Å². The van der Waals surface area contributed by atoms with Gasteiger partial charge >= 0.3 is 12.0 Å². The van der Waals surface area contributed by atoms with Gasteiger partial charge in [0.1, 0.15) is 6.04 Å². The third kappa shape index (κ3) is 5.84. The minimum atomic E-state index is -1.01. The van der Waals surface area contributed by atoms with Crippen molar-refractivity contribution in [3.8, 4) is 0 Å². The number of rotatable bonds is 8. The van der Waals surface area contributed by atoms with Crippen LogP contribution in [-0.4, -0.2) is 44.7 Å². The van der Waals surface area contributed by atoms with E-state index >= 15 is 0 Å². The van der Waals surface area contributed by atoms with Crippen molar-refractivity contribution >= 4 is 12.0 Å². The van der Waals surface area contributed by atoms with Crippen LogP contribution in [0.3, 0.4) is 0 Å². The average molecular weight is 269 g/mol. The highest BCUT2D eigenvalue weighted by Crippen LogP contribution is 2.00. The molecule has 0 radical (unpaired) electrons. The molecule has 1 heterocycles. The van der Waals surface area contributed by atoms with Crippen molar-refractivity contribution in [2.75, 3.05) is 6.54 Å². The van der Waals surface area contributed by atoms with Crippen LogP contribution in [-0.2, 0) is 11.3 Å². The molecule has 3 N–H and O–H groups in total. The van der Waals surface area contributed by atoms with Gasteiger partial charge in [-0.1, -0.05) is 25.0 Å². The molecule has 2 amide bonds. The molecular weight excluding hydrogens is 250 g/mol. The SMILES string of the molecule is CCCCC(NC(=O)NCCn1ccnn1)C(=O)O. The summed E-state index contributed by atoms with van der Waals surface area (Å²) < 4.78 is 1.58. The molecule has 8 nitrogen and oxygen atoms in total. The summed E-state index contributed by atoms with van der Waals surface area (Å²) in [7, 11) is 0. The molecule has 19 heavy (non-hydrogen) atoms. The number of nitrogens with zero attached hydrogens (tertiary/aromatic N) is 3. The minimum Gasteiger partial charge on any atom is -0.480 e. The molecule has 0 aromatic carbocycles. The van der Waals surface area contributed by atoms with Gasteiger partial charge in [-0.2, -0.15) is 0 Å². The summed E-state index contributed by atoms with van der Waals surface area (Å²) in [4.78, 5) is 22.5. The fourth-order valence-electron chi connectivity index (χ4n) is 1.51. The molecule has 0 saturated carbocycles. The molecule has 1 rings (SSSR count). The lowest BCUT2D eigenvalue weighted by Crippen LogP contribution is -2.46. The summed E-state index contributed by atoms with van der Waals surface area (Å²) in [6, 6.07) is -1.32. The molecular formula is C11H19N5O3.